The average molecular weight is 426 g/mol. The van der Waals surface area contributed by atoms with E-state index < -0.39 is 0 Å². The second-order valence-corrected chi connectivity index (χ2v) is 8.97. The zero-order chi connectivity index (χ0) is 20.8. The summed E-state index contributed by atoms with van der Waals surface area (Å²) in [5, 5.41) is 7.71. The molecule has 0 bridgehead atoms. The first-order valence-electron chi connectivity index (χ1n) is 11.3. The Hall–Kier alpha value is -2.04. The normalized spacial score (nSPS) is 18.0. The maximum atomic E-state index is 12.4. The second kappa shape index (κ2) is 10.3. The van der Waals surface area contributed by atoms with Crippen molar-refractivity contribution in [3.8, 4) is 0 Å². The lowest BCUT2D eigenvalue weighted by Gasteiger charge is -2.34. The minimum atomic E-state index is 0.0647. The zero-order valence-corrected chi connectivity index (χ0v) is 18.3. The van der Waals surface area contributed by atoms with E-state index in [9.17, 15) is 4.79 Å². The van der Waals surface area contributed by atoms with Gasteiger partial charge < -0.3 is 15.5 Å². The molecule has 1 heterocycles. The Morgan fingerprint density at radius 2 is 1.63 bits per heavy atom. The molecule has 160 valence electrons. The van der Waals surface area contributed by atoms with Crippen LogP contribution in [0.5, 0.6) is 0 Å². The topological polar surface area (TPSA) is 44.4 Å². The van der Waals surface area contributed by atoms with Crippen molar-refractivity contribution >= 4 is 23.2 Å². The first kappa shape index (κ1) is 21.2. The Morgan fingerprint density at radius 3 is 2.33 bits per heavy atom. The van der Waals surface area contributed by atoms with Gasteiger partial charge in [-0.2, -0.15) is 0 Å². The predicted molar refractivity (Wildman–Crippen MR) is 125 cm³/mol. The number of benzene rings is 2. The summed E-state index contributed by atoms with van der Waals surface area (Å²) < 4.78 is 0. The molecule has 2 fully saturated rings. The van der Waals surface area contributed by atoms with Gasteiger partial charge in [0.25, 0.3) is 5.91 Å². The van der Waals surface area contributed by atoms with Gasteiger partial charge in [0.15, 0.2) is 0 Å². The highest BCUT2D eigenvalue weighted by Gasteiger charge is 2.20. The third-order valence-electron chi connectivity index (χ3n) is 6.47. The molecular formula is C25H32ClN3O. The minimum Gasteiger partial charge on any atom is -0.371 e. The molecule has 1 aliphatic carbocycles. The first-order chi connectivity index (χ1) is 14.7. The predicted octanol–water partition coefficient (Wildman–Crippen LogP) is 4.81. The molecule has 1 saturated heterocycles. The van der Waals surface area contributed by atoms with E-state index in [1.54, 1.807) is 0 Å². The number of nitrogens with one attached hydrogen (secondary N) is 2. The highest BCUT2D eigenvalue weighted by molar-refractivity contribution is 6.31. The Balaban J connectivity index is 1.21. The molecule has 2 aromatic rings. The SMILES string of the molecule is O=C(NC1CCCC1)c1ccc(N2CCC(NCCc3ccccc3Cl)CC2)cc1. The van der Waals surface area contributed by atoms with Gasteiger partial charge >= 0.3 is 0 Å². The Kier molecular flexibility index (Phi) is 7.29. The van der Waals surface area contributed by atoms with Crippen molar-refractivity contribution in [2.24, 2.45) is 0 Å². The lowest BCUT2D eigenvalue weighted by molar-refractivity contribution is 0.0938. The number of hydrogen-bond acceptors (Lipinski definition) is 3. The number of rotatable bonds is 7. The zero-order valence-electron chi connectivity index (χ0n) is 17.6. The van der Waals surface area contributed by atoms with Gasteiger partial charge in [-0.3, -0.25) is 4.79 Å². The Labute approximate surface area is 185 Å². The maximum Gasteiger partial charge on any atom is 0.251 e. The van der Waals surface area contributed by atoms with Crippen LogP contribution in [0.25, 0.3) is 0 Å². The maximum absolute atomic E-state index is 12.4. The van der Waals surface area contributed by atoms with E-state index in [1.165, 1.54) is 24.1 Å². The summed E-state index contributed by atoms with van der Waals surface area (Å²) >= 11 is 6.25. The molecule has 0 unspecified atom stereocenters. The van der Waals surface area contributed by atoms with Crippen molar-refractivity contribution in [2.45, 2.75) is 57.0 Å². The molecule has 4 nitrogen and oxygen atoms in total. The van der Waals surface area contributed by atoms with Crippen LogP contribution in [0.3, 0.4) is 0 Å². The van der Waals surface area contributed by atoms with Crippen LogP contribution in [0.1, 0.15) is 54.4 Å². The highest BCUT2D eigenvalue weighted by Crippen LogP contribution is 2.22. The van der Waals surface area contributed by atoms with E-state index >= 15 is 0 Å². The molecule has 1 aliphatic heterocycles. The van der Waals surface area contributed by atoms with Crippen molar-refractivity contribution in [3.63, 3.8) is 0 Å². The van der Waals surface area contributed by atoms with E-state index in [2.05, 4.69) is 33.7 Å². The molecule has 0 atom stereocenters. The van der Waals surface area contributed by atoms with Gasteiger partial charge in [0.1, 0.15) is 0 Å². The smallest absolute Gasteiger partial charge is 0.251 e. The number of anilines is 1. The van der Waals surface area contributed by atoms with Gasteiger partial charge in [0, 0.05) is 41.4 Å². The fourth-order valence-electron chi connectivity index (χ4n) is 4.62. The number of carbonyl (C=O) groups excluding carboxylic acids is 1. The van der Waals surface area contributed by atoms with E-state index in [1.807, 2.05) is 30.3 Å². The number of carbonyl (C=O) groups is 1. The number of nitrogens with zero attached hydrogens (tertiary/aromatic N) is 1. The van der Waals surface area contributed by atoms with Crippen LogP contribution in [0.4, 0.5) is 5.69 Å². The summed E-state index contributed by atoms with van der Waals surface area (Å²) in [7, 11) is 0. The molecule has 2 N–H and O–H groups in total. The molecular weight excluding hydrogens is 394 g/mol. The molecule has 1 saturated carbocycles. The van der Waals surface area contributed by atoms with Crippen molar-refractivity contribution in [1.29, 1.82) is 0 Å². The van der Waals surface area contributed by atoms with Crippen molar-refractivity contribution in [2.75, 3.05) is 24.5 Å². The third-order valence-corrected chi connectivity index (χ3v) is 6.83. The van der Waals surface area contributed by atoms with E-state index in [0.29, 0.717) is 12.1 Å². The number of piperidine rings is 1. The summed E-state index contributed by atoms with van der Waals surface area (Å²) in [6, 6.07) is 17.1. The van der Waals surface area contributed by atoms with Gasteiger partial charge in [-0.25, -0.2) is 0 Å². The molecule has 4 rings (SSSR count). The third kappa shape index (κ3) is 5.55. The molecule has 1 amide bonds. The van der Waals surface area contributed by atoms with Crippen LogP contribution in [-0.2, 0) is 6.42 Å². The van der Waals surface area contributed by atoms with Crippen molar-refractivity contribution in [1.82, 2.24) is 10.6 Å². The molecule has 0 radical (unpaired) electrons. The molecule has 0 spiro atoms. The van der Waals surface area contributed by atoms with Crippen LogP contribution < -0.4 is 15.5 Å². The van der Waals surface area contributed by atoms with Gasteiger partial charge in [-0.05, 0) is 74.5 Å². The summed E-state index contributed by atoms with van der Waals surface area (Å²) in [6.45, 7) is 3.04. The number of halogens is 1. The molecule has 5 heteroatoms. The van der Waals surface area contributed by atoms with Gasteiger partial charge in [0.05, 0.1) is 0 Å². The van der Waals surface area contributed by atoms with Crippen LogP contribution in [0, 0.1) is 0 Å². The second-order valence-electron chi connectivity index (χ2n) is 8.56. The Morgan fingerprint density at radius 1 is 0.933 bits per heavy atom. The number of amides is 1. The average Bonchev–Trinajstić information content (AvgIpc) is 3.29. The largest absolute Gasteiger partial charge is 0.371 e. The molecule has 30 heavy (non-hydrogen) atoms. The van der Waals surface area contributed by atoms with Gasteiger partial charge in [-0.1, -0.05) is 42.6 Å². The van der Waals surface area contributed by atoms with Crippen molar-refractivity contribution in [3.05, 3.63) is 64.7 Å². The molecule has 0 aromatic heterocycles. The Bertz CT molecular complexity index is 825. The van der Waals surface area contributed by atoms with Gasteiger partial charge in [-0.15, -0.1) is 0 Å². The molecule has 2 aromatic carbocycles. The highest BCUT2D eigenvalue weighted by atomic mass is 35.5. The monoisotopic (exact) mass is 425 g/mol. The quantitative estimate of drug-likeness (QED) is 0.668. The minimum absolute atomic E-state index is 0.0647. The van der Waals surface area contributed by atoms with E-state index in [0.717, 1.165) is 62.3 Å². The fourth-order valence-corrected chi connectivity index (χ4v) is 4.85. The lowest BCUT2D eigenvalue weighted by Crippen LogP contribution is -2.43. The van der Waals surface area contributed by atoms with Crippen LogP contribution in [-0.4, -0.2) is 37.6 Å². The van der Waals surface area contributed by atoms with E-state index in [-0.39, 0.29) is 5.91 Å². The summed E-state index contributed by atoms with van der Waals surface area (Å²) in [6.07, 6.45) is 7.92. The van der Waals surface area contributed by atoms with Crippen LogP contribution in [0.2, 0.25) is 5.02 Å². The first-order valence-corrected chi connectivity index (χ1v) is 11.7. The fraction of sp³-hybridized carbons (Fsp3) is 0.480. The lowest BCUT2D eigenvalue weighted by atomic mass is 10.0. The van der Waals surface area contributed by atoms with Crippen LogP contribution in [0.15, 0.2) is 48.5 Å². The summed E-state index contributed by atoms with van der Waals surface area (Å²) in [5.41, 5.74) is 3.19. The van der Waals surface area contributed by atoms with E-state index in [4.69, 9.17) is 11.6 Å². The summed E-state index contributed by atoms with van der Waals surface area (Å²) in [4.78, 5) is 14.8. The van der Waals surface area contributed by atoms with Crippen LogP contribution >= 0.6 is 11.6 Å². The summed E-state index contributed by atoms with van der Waals surface area (Å²) in [5.74, 6) is 0.0647. The number of hydrogen-bond donors (Lipinski definition) is 2. The van der Waals surface area contributed by atoms with Crippen molar-refractivity contribution < 1.29 is 4.79 Å². The van der Waals surface area contributed by atoms with Gasteiger partial charge in [0.2, 0.25) is 0 Å². The standard InChI is InChI=1S/C25H32ClN3O/c26-24-8-4-1-5-19(24)13-16-27-21-14-17-29(18-15-21)23-11-9-20(10-12-23)25(30)28-22-6-2-3-7-22/h1,4-5,8-12,21-22,27H,2-3,6-7,13-18H2,(H,28,30). The molecule has 2 aliphatic rings.